The first-order valence-electron chi connectivity index (χ1n) is 16.7. The molecule has 0 unspecified atom stereocenters. The Bertz CT molecular complexity index is 543. The number of likely N-dealkylation sites (N-methyl/N-ethyl adjacent to an activating group) is 1. The van der Waals surface area contributed by atoms with E-state index in [2.05, 4.69) is 33.0 Å². The highest BCUT2D eigenvalue weighted by Gasteiger charge is 2.40. The maximum Gasteiger partial charge on any atom is 0.501 e. The number of rotatable bonds is 35. The second kappa shape index (κ2) is 33.8. The molecule has 0 aromatic rings. The van der Waals surface area contributed by atoms with E-state index in [0.717, 1.165) is 77.0 Å². The lowest BCUT2D eigenvalue weighted by Gasteiger charge is -2.30. The van der Waals surface area contributed by atoms with Gasteiger partial charge in [0.25, 0.3) is 0 Å². The van der Waals surface area contributed by atoms with Gasteiger partial charge in [-0.05, 0) is 32.2 Å². The molecule has 0 heterocycles. The Morgan fingerprint density at radius 3 is 1.62 bits per heavy atom. The van der Waals surface area contributed by atoms with Crippen molar-refractivity contribution in [2.24, 2.45) is 0 Å². The summed E-state index contributed by atoms with van der Waals surface area (Å²) in [5, 5.41) is 3.58. The van der Waals surface area contributed by atoms with E-state index in [0.29, 0.717) is 71.9 Å². The first-order chi connectivity index (χ1) is 20.6. The highest BCUT2D eigenvalue weighted by Crippen LogP contribution is 2.21. The smallest absolute Gasteiger partial charge is 0.379 e. The molecule has 0 amide bonds. The lowest BCUT2D eigenvalue weighted by molar-refractivity contribution is -0.111. The maximum absolute atomic E-state index is 12.4. The quantitative estimate of drug-likeness (QED) is 0.0633. The van der Waals surface area contributed by atoms with E-state index in [1.54, 1.807) is 0 Å². The minimum atomic E-state index is -3.02. The molecule has 0 atom stereocenters. The van der Waals surface area contributed by atoms with Crippen LogP contribution in [0.5, 0.6) is 0 Å². The third-order valence-electron chi connectivity index (χ3n) is 6.35. The van der Waals surface area contributed by atoms with Crippen LogP contribution in [0.1, 0.15) is 98.3 Å². The number of carbonyl (C=O) groups is 1. The zero-order chi connectivity index (χ0) is 30.8. The van der Waals surface area contributed by atoms with Gasteiger partial charge in [-0.2, -0.15) is 0 Å². The van der Waals surface area contributed by atoms with Crippen LogP contribution >= 0.6 is 11.8 Å². The minimum absolute atomic E-state index is 0.276. The molecule has 1 N–H and O–H groups in total. The Hall–Kier alpha value is -0.0831. The number of hydrogen-bond acceptors (Lipinski definition) is 10. The van der Waals surface area contributed by atoms with Crippen LogP contribution in [0.2, 0.25) is 6.04 Å². The molecule has 0 rings (SSSR count). The van der Waals surface area contributed by atoms with E-state index in [1.807, 2.05) is 0 Å². The fourth-order valence-corrected chi connectivity index (χ4v) is 7.42. The van der Waals surface area contributed by atoms with Gasteiger partial charge in [0.05, 0.1) is 59.5 Å². The van der Waals surface area contributed by atoms with Crippen molar-refractivity contribution in [1.29, 1.82) is 0 Å². The van der Waals surface area contributed by atoms with Gasteiger partial charge in [0.15, 0.2) is 5.12 Å². The Morgan fingerprint density at radius 1 is 0.571 bits per heavy atom. The van der Waals surface area contributed by atoms with Crippen LogP contribution in [-0.2, 0) is 37.0 Å². The Kier molecular flexibility index (Phi) is 33.7. The second-order valence-electron chi connectivity index (χ2n) is 10.2. The van der Waals surface area contributed by atoms with E-state index in [9.17, 15) is 4.79 Å². The zero-order valence-corrected chi connectivity index (χ0v) is 29.4. The highest BCUT2D eigenvalue weighted by molar-refractivity contribution is 8.13. The molecule has 0 spiro atoms. The number of ether oxygens (including phenoxy) is 4. The summed E-state index contributed by atoms with van der Waals surface area (Å²) in [5.41, 5.74) is 0. The standard InChI is InChI=1S/C31H65NO8SSi/c1-5-9-12-13-14-16-31(33)41-29-15-30-42(38-20-17-32-8-4,39-27-25-36-23-21-34-18-10-6-2)40-28-26-37-24-22-35-19-11-7-3/h32H,5-30H2,1-4H3. The minimum Gasteiger partial charge on any atom is -0.379 e. The molecule has 0 aliphatic heterocycles. The molecule has 0 aromatic carbocycles. The van der Waals surface area contributed by atoms with Crippen LogP contribution in [0.4, 0.5) is 0 Å². The van der Waals surface area contributed by atoms with Crippen LogP contribution in [0.15, 0.2) is 0 Å². The predicted molar refractivity (Wildman–Crippen MR) is 176 cm³/mol. The van der Waals surface area contributed by atoms with Crippen molar-refractivity contribution in [2.75, 3.05) is 91.5 Å². The number of carbonyl (C=O) groups excluding carboxylic acids is 1. The molecule has 0 aliphatic rings. The van der Waals surface area contributed by atoms with Crippen molar-refractivity contribution in [3.8, 4) is 0 Å². The van der Waals surface area contributed by atoms with Gasteiger partial charge < -0.3 is 37.5 Å². The van der Waals surface area contributed by atoms with Crippen LogP contribution in [0.3, 0.4) is 0 Å². The number of unbranched alkanes of at least 4 members (excludes halogenated alkanes) is 6. The summed E-state index contributed by atoms with van der Waals surface area (Å²) in [5.74, 6) is 0.739. The Labute approximate surface area is 263 Å². The van der Waals surface area contributed by atoms with Gasteiger partial charge in [-0.3, -0.25) is 4.79 Å². The SMILES string of the molecule is CCCCCCCC(=O)SCCC[Si](OCCNCC)(OCCOCCOCCCC)OCCOCCOCCCC. The van der Waals surface area contributed by atoms with Gasteiger partial charge in [-0.1, -0.05) is 78.0 Å². The molecule has 0 bridgehead atoms. The van der Waals surface area contributed by atoms with Gasteiger partial charge in [-0.15, -0.1) is 0 Å². The lowest BCUT2D eigenvalue weighted by Crippen LogP contribution is -2.48. The molecular formula is C31H65NO8SSi. The molecule has 0 radical (unpaired) electrons. The topological polar surface area (TPSA) is 93.7 Å². The van der Waals surface area contributed by atoms with E-state index in [1.165, 1.54) is 31.0 Å². The molecule has 252 valence electrons. The van der Waals surface area contributed by atoms with E-state index in [4.69, 9.17) is 32.2 Å². The van der Waals surface area contributed by atoms with Crippen molar-refractivity contribution < 1.29 is 37.0 Å². The highest BCUT2D eigenvalue weighted by atomic mass is 32.2. The summed E-state index contributed by atoms with van der Waals surface area (Å²) >= 11 is 1.43. The van der Waals surface area contributed by atoms with Gasteiger partial charge >= 0.3 is 8.80 Å². The normalized spacial score (nSPS) is 11.9. The average molecular weight is 640 g/mol. The van der Waals surface area contributed by atoms with Crippen molar-refractivity contribution in [2.45, 2.75) is 104 Å². The van der Waals surface area contributed by atoms with Gasteiger partial charge in [0.1, 0.15) is 0 Å². The Morgan fingerprint density at radius 2 is 1.07 bits per heavy atom. The summed E-state index contributed by atoms with van der Waals surface area (Å²) in [6.45, 7) is 16.1. The molecule has 0 saturated heterocycles. The zero-order valence-electron chi connectivity index (χ0n) is 27.6. The van der Waals surface area contributed by atoms with E-state index in [-0.39, 0.29) is 5.12 Å². The van der Waals surface area contributed by atoms with Crippen molar-refractivity contribution >= 4 is 25.7 Å². The van der Waals surface area contributed by atoms with Gasteiger partial charge in [0.2, 0.25) is 0 Å². The predicted octanol–water partition coefficient (Wildman–Crippen LogP) is 6.26. The lowest BCUT2D eigenvalue weighted by atomic mass is 10.1. The molecule has 42 heavy (non-hydrogen) atoms. The van der Waals surface area contributed by atoms with E-state index >= 15 is 0 Å². The molecule has 0 saturated carbocycles. The van der Waals surface area contributed by atoms with Crippen LogP contribution in [0.25, 0.3) is 0 Å². The molecular weight excluding hydrogens is 574 g/mol. The van der Waals surface area contributed by atoms with Crippen molar-refractivity contribution in [3.05, 3.63) is 0 Å². The fourth-order valence-electron chi connectivity index (χ4n) is 3.87. The number of hydrogen-bond donors (Lipinski definition) is 1. The number of thioether (sulfide) groups is 1. The van der Waals surface area contributed by atoms with Crippen LogP contribution < -0.4 is 5.32 Å². The summed E-state index contributed by atoms with van der Waals surface area (Å²) < 4.78 is 41.7. The average Bonchev–Trinajstić information content (AvgIpc) is 2.99. The maximum atomic E-state index is 12.4. The third-order valence-corrected chi connectivity index (χ3v) is 10.3. The molecule has 0 fully saturated rings. The summed E-state index contributed by atoms with van der Waals surface area (Å²) in [4.78, 5) is 12.4. The van der Waals surface area contributed by atoms with Crippen molar-refractivity contribution in [3.63, 3.8) is 0 Å². The molecule has 11 heteroatoms. The second-order valence-corrected chi connectivity index (χ2v) is 14.1. The van der Waals surface area contributed by atoms with Crippen molar-refractivity contribution in [1.82, 2.24) is 5.32 Å². The first-order valence-corrected chi connectivity index (χ1v) is 19.6. The number of nitrogens with one attached hydrogen (secondary N) is 1. The summed E-state index contributed by atoms with van der Waals surface area (Å²) in [6.07, 6.45) is 11.6. The largest absolute Gasteiger partial charge is 0.501 e. The molecule has 0 aliphatic carbocycles. The van der Waals surface area contributed by atoms with Gasteiger partial charge in [0, 0.05) is 38.0 Å². The summed E-state index contributed by atoms with van der Waals surface area (Å²) in [7, 11) is -3.02. The third kappa shape index (κ3) is 28.7. The summed E-state index contributed by atoms with van der Waals surface area (Å²) in [6, 6.07) is 0.649. The first kappa shape index (κ1) is 41.9. The molecule has 9 nitrogen and oxygen atoms in total. The van der Waals surface area contributed by atoms with Crippen LogP contribution in [-0.4, -0.2) is 105 Å². The molecule has 0 aromatic heterocycles. The monoisotopic (exact) mass is 639 g/mol. The Balaban J connectivity index is 4.79. The van der Waals surface area contributed by atoms with E-state index < -0.39 is 8.80 Å². The van der Waals surface area contributed by atoms with Crippen LogP contribution in [0, 0.1) is 0 Å². The fraction of sp³-hybridized carbons (Fsp3) is 0.968. The van der Waals surface area contributed by atoms with Gasteiger partial charge in [-0.25, -0.2) is 0 Å².